The number of aryl methyl sites for hydroxylation is 2. The quantitative estimate of drug-likeness (QED) is 0.858. The van der Waals surface area contributed by atoms with E-state index in [-0.39, 0.29) is 12.0 Å². The Labute approximate surface area is 137 Å². The van der Waals surface area contributed by atoms with Crippen LogP contribution < -0.4 is 4.74 Å². The molecule has 0 bridgehead atoms. The van der Waals surface area contributed by atoms with Crippen molar-refractivity contribution in [2.45, 2.75) is 33.3 Å². The van der Waals surface area contributed by atoms with E-state index in [2.05, 4.69) is 50.2 Å². The first-order valence-corrected chi connectivity index (χ1v) is 8.13. The van der Waals surface area contributed by atoms with Crippen LogP contribution in [0, 0.1) is 13.8 Å². The highest BCUT2D eigenvalue weighted by atomic mass is 16.5. The molecule has 120 valence electrons. The second-order valence-corrected chi connectivity index (χ2v) is 6.29. The van der Waals surface area contributed by atoms with Crippen LogP contribution >= 0.6 is 0 Å². The van der Waals surface area contributed by atoms with Gasteiger partial charge in [0.15, 0.2) is 0 Å². The molecule has 1 atom stereocenters. The zero-order valence-electron chi connectivity index (χ0n) is 14.0. The number of carbonyl (C=O) groups excluding carboxylic acids is 1. The van der Waals surface area contributed by atoms with Crippen LogP contribution in [0.1, 0.15) is 24.5 Å². The molecule has 3 rings (SSSR count). The summed E-state index contributed by atoms with van der Waals surface area (Å²) in [4.78, 5) is 13.3. The summed E-state index contributed by atoms with van der Waals surface area (Å²) in [6, 6.07) is 14.6. The van der Waals surface area contributed by atoms with Crippen LogP contribution in [0.15, 0.2) is 42.5 Å². The van der Waals surface area contributed by atoms with Crippen LogP contribution in [0.2, 0.25) is 0 Å². The van der Waals surface area contributed by atoms with Gasteiger partial charge < -0.3 is 9.64 Å². The Balaban J connectivity index is 1.79. The van der Waals surface area contributed by atoms with Crippen molar-refractivity contribution in [2.75, 3.05) is 13.1 Å². The zero-order valence-corrected chi connectivity index (χ0v) is 14.0. The summed E-state index contributed by atoms with van der Waals surface area (Å²) in [6.45, 7) is 7.34. The first-order chi connectivity index (χ1) is 11.0. The van der Waals surface area contributed by atoms with Gasteiger partial charge in [0.1, 0.15) is 11.9 Å². The van der Waals surface area contributed by atoms with E-state index in [9.17, 15) is 4.79 Å². The number of rotatable bonds is 3. The zero-order chi connectivity index (χ0) is 16.4. The summed E-state index contributed by atoms with van der Waals surface area (Å²) in [5.74, 6) is 1.03. The lowest BCUT2D eigenvalue weighted by Crippen LogP contribution is -2.28. The number of hydrogen-bond donors (Lipinski definition) is 0. The normalized spacial score (nSPS) is 17.3. The third-order valence-electron chi connectivity index (χ3n) is 4.46. The van der Waals surface area contributed by atoms with E-state index < -0.39 is 0 Å². The van der Waals surface area contributed by atoms with Gasteiger partial charge in [0.25, 0.3) is 0 Å². The van der Waals surface area contributed by atoms with Crippen molar-refractivity contribution in [3.63, 3.8) is 0 Å². The summed E-state index contributed by atoms with van der Waals surface area (Å²) >= 11 is 0. The molecular formula is C20H23NO2. The molecule has 0 aliphatic carbocycles. The maximum Gasteiger partial charge on any atom is 0.219 e. The Morgan fingerprint density at radius 2 is 1.78 bits per heavy atom. The summed E-state index contributed by atoms with van der Waals surface area (Å²) in [5, 5.41) is 0. The fourth-order valence-electron chi connectivity index (χ4n) is 3.35. The Kier molecular flexibility index (Phi) is 4.37. The standard InChI is InChI=1S/C20H23NO2/c1-14-11-19(23-18-9-10-21(13-18)16(3)22)12-15(2)20(14)17-7-5-4-6-8-17/h4-8,11-12,18H,9-10,13H2,1-3H3/t18-/m0/s1. The van der Waals surface area contributed by atoms with Crippen molar-refractivity contribution >= 4 is 5.91 Å². The molecule has 1 aliphatic heterocycles. The molecule has 3 nitrogen and oxygen atoms in total. The number of carbonyl (C=O) groups is 1. The van der Waals surface area contributed by atoms with Crippen LogP contribution in [0.3, 0.4) is 0 Å². The van der Waals surface area contributed by atoms with Gasteiger partial charge in [0.2, 0.25) is 5.91 Å². The van der Waals surface area contributed by atoms with E-state index >= 15 is 0 Å². The van der Waals surface area contributed by atoms with Crippen LogP contribution in [0.5, 0.6) is 5.75 Å². The van der Waals surface area contributed by atoms with E-state index in [4.69, 9.17) is 4.74 Å². The predicted molar refractivity (Wildman–Crippen MR) is 92.6 cm³/mol. The first-order valence-electron chi connectivity index (χ1n) is 8.13. The third-order valence-corrected chi connectivity index (χ3v) is 4.46. The molecule has 0 unspecified atom stereocenters. The number of benzene rings is 2. The van der Waals surface area contributed by atoms with Gasteiger partial charge in [-0.15, -0.1) is 0 Å². The number of nitrogens with zero attached hydrogens (tertiary/aromatic N) is 1. The molecule has 23 heavy (non-hydrogen) atoms. The molecular weight excluding hydrogens is 286 g/mol. The Morgan fingerprint density at radius 3 is 2.35 bits per heavy atom. The van der Waals surface area contributed by atoms with Gasteiger partial charge in [-0.1, -0.05) is 30.3 Å². The van der Waals surface area contributed by atoms with Gasteiger partial charge in [-0.3, -0.25) is 4.79 Å². The molecule has 1 saturated heterocycles. The SMILES string of the molecule is CC(=O)N1CC[C@H](Oc2cc(C)c(-c3ccccc3)c(C)c2)C1. The van der Waals surface area contributed by atoms with Crippen molar-refractivity contribution in [2.24, 2.45) is 0 Å². The third kappa shape index (κ3) is 3.39. The highest BCUT2D eigenvalue weighted by Crippen LogP contribution is 2.31. The molecule has 1 fully saturated rings. The minimum absolute atomic E-state index is 0.0975. The molecule has 0 radical (unpaired) electrons. The second kappa shape index (κ2) is 6.45. The van der Waals surface area contributed by atoms with Gasteiger partial charge in [-0.2, -0.15) is 0 Å². The maximum atomic E-state index is 11.4. The Bertz CT molecular complexity index is 686. The fraction of sp³-hybridized carbons (Fsp3) is 0.350. The Hall–Kier alpha value is -2.29. The van der Waals surface area contributed by atoms with Crippen LogP contribution in [-0.2, 0) is 4.79 Å². The smallest absolute Gasteiger partial charge is 0.219 e. The van der Waals surface area contributed by atoms with Gasteiger partial charge in [-0.05, 0) is 48.2 Å². The van der Waals surface area contributed by atoms with Gasteiger partial charge in [0, 0.05) is 19.9 Å². The molecule has 2 aromatic carbocycles. The summed E-state index contributed by atoms with van der Waals surface area (Å²) in [6.07, 6.45) is 0.998. The fourth-order valence-corrected chi connectivity index (χ4v) is 3.35. The highest BCUT2D eigenvalue weighted by Gasteiger charge is 2.25. The van der Waals surface area contributed by atoms with Crippen molar-refractivity contribution in [1.82, 2.24) is 4.90 Å². The average molecular weight is 309 g/mol. The minimum Gasteiger partial charge on any atom is -0.488 e. The van der Waals surface area contributed by atoms with Gasteiger partial charge in [0.05, 0.1) is 6.54 Å². The molecule has 1 amide bonds. The van der Waals surface area contributed by atoms with E-state index in [0.29, 0.717) is 6.54 Å². The largest absolute Gasteiger partial charge is 0.488 e. The van der Waals surface area contributed by atoms with Crippen molar-refractivity contribution in [1.29, 1.82) is 0 Å². The second-order valence-electron chi connectivity index (χ2n) is 6.29. The first kappa shape index (κ1) is 15.6. The van der Waals surface area contributed by atoms with Crippen molar-refractivity contribution in [3.8, 4) is 16.9 Å². The van der Waals surface area contributed by atoms with E-state index in [1.165, 1.54) is 22.3 Å². The van der Waals surface area contributed by atoms with Gasteiger partial charge >= 0.3 is 0 Å². The molecule has 0 N–H and O–H groups in total. The summed E-state index contributed by atoms with van der Waals surface area (Å²) in [5.41, 5.74) is 4.94. The molecule has 0 saturated carbocycles. The van der Waals surface area contributed by atoms with Crippen molar-refractivity contribution < 1.29 is 9.53 Å². The lowest BCUT2D eigenvalue weighted by molar-refractivity contribution is -0.128. The summed E-state index contributed by atoms with van der Waals surface area (Å²) < 4.78 is 6.11. The van der Waals surface area contributed by atoms with Crippen molar-refractivity contribution in [3.05, 3.63) is 53.6 Å². The lowest BCUT2D eigenvalue weighted by Gasteiger charge is -2.18. The van der Waals surface area contributed by atoms with Crippen LogP contribution in [0.25, 0.3) is 11.1 Å². The molecule has 0 aromatic heterocycles. The van der Waals surface area contributed by atoms with Crippen LogP contribution in [0.4, 0.5) is 0 Å². The maximum absolute atomic E-state index is 11.4. The highest BCUT2D eigenvalue weighted by molar-refractivity contribution is 5.73. The lowest BCUT2D eigenvalue weighted by atomic mass is 9.95. The molecule has 1 aliphatic rings. The summed E-state index contributed by atoms with van der Waals surface area (Å²) in [7, 11) is 0. The van der Waals surface area contributed by atoms with Crippen LogP contribution in [-0.4, -0.2) is 30.0 Å². The predicted octanol–water partition coefficient (Wildman–Crippen LogP) is 3.97. The van der Waals surface area contributed by atoms with E-state index in [1.807, 2.05) is 11.0 Å². The van der Waals surface area contributed by atoms with E-state index in [0.717, 1.165) is 18.7 Å². The topological polar surface area (TPSA) is 29.5 Å². The molecule has 2 aromatic rings. The number of amides is 1. The minimum atomic E-state index is 0.0975. The van der Waals surface area contributed by atoms with E-state index in [1.54, 1.807) is 6.92 Å². The average Bonchev–Trinajstić information content (AvgIpc) is 2.96. The molecule has 1 heterocycles. The number of likely N-dealkylation sites (tertiary alicyclic amines) is 1. The number of hydrogen-bond acceptors (Lipinski definition) is 2. The Morgan fingerprint density at radius 1 is 1.13 bits per heavy atom. The van der Waals surface area contributed by atoms with Gasteiger partial charge in [-0.25, -0.2) is 0 Å². The molecule has 3 heteroatoms. The number of ether oxygens (including phenoxy) is 1. The monoisotopic (exact) mass is 309 g/mol. The molecule has 0 spiro atoms.